The normalized spacial score (nSPS) is 13.6. The van der Waals surface area contributed by atoms with Crippen molar-refractivity contribution in [1.29, 1.82) is 0 Å². The molecule has 0 aliphatic rings. The molecule has 0 unspecified atom stereocenters. The third kappa shape index (κ3) is 6.49. The highest BCUT2D eigenvalue weighted by molar-refractivity contribution is 5.97. The molecule has 7 heteroatoms. The van der Waals surface area contributed by atoms with Crippen LogP contribution in [-0.4, -0.2) is 34.3 Å². The summed E-state index contributed by atoms with van der Waals surface area (Å²) < 4.78 is 0. The number of nitrogens with one attached hydrogen (secondary N) is 3. The summed E-state index contributed by atoms with van der Waals surface area (Å²) in [5.41, 5.74) is 6.16. The maximum atomic E-state index is 12.4. The molecular weight excluding hydrogens is 418 g/mol. The van der Waals surface area contributed by atoms with Crippen molar-refractivity contribution in [2.75, 3.05) is 0 Å². The number of hydroxylamine groups is 1. The second kappa shape index (κ2) is 11.4. The van der Waals surface area contributed by atoms with E-state index in [2.05, 4.69) is 41.8 Å². The van der Waals surface area contributed by atoms with E-state index in [1.165, 1.54) is 23.5 Å². The molecule has 3 rings (SSSR count). The highest BCUT2D eigenvalue weighted by Gasteiger charge is 2.25. The largest absolute Gasteiger partial charge is 0.391 e. The molecule has 3 aromatic rings. The molecule has 3 atom stereocenters. The third-order valence-corrected chi connectivity index (χ3v) is 5.51. The molecule has 0 spiro atoms. The van der Waals surface area contributed by atoms with Gasteiger partial charge < -0.3 is 15.7 Å². The second-order valence-corrected chi connectivity index (χ2v) is 7.96. The van der Waals surface area contributed by atoms with E-state index in [1.807, 2.05) is 42.5 Å². The number of carbonyl (C=O) groups excluding carboxylic acids is 2. The molecule has 0 heterocycles. The fourth-order valence-electron chi connectivity index (χ4n) is 3.46. The first kappa shape index (κ1) is 24.1. The highest BCUT2D eigenvalue weighted by Crippen LogP contribution is 2.21. The zero-order valence-corrected chi connectivity index (χ0v) is 18.7. The summed E-state index contributed by atoms with van der Waals surface area (Å²) in [7, 11) is 0. The first-order valence-corrected chi connectivity index (χ1v) is 10.8. The molecule has 0 saturated carbocycles. The summed E-state index contributed by atoms with van der Waals surface area (Å²) in [6, 6.07) is 24.5. The quantitative estimate of drug-likeness (QED) is 0.256. The molecule has 0 fully saturated rings. The van der Waals surface area contributed by atoms with Gasteiger partial charge in [-0.05, 0) is 48.2 Å². The van der Waals surface area contributed by atoms with Gasteiger partial charge in [0.1, 0.15) is 6.04 Å². The van der Waals surface area contributed by atoms with E-state index in [9.17, 15) is 14.7 Å². The van der Waals surface area contributed by atoms with Crippen molar-refractivity contribution < 1.29 is 19.9 Å². The number of aliphatic hydroxyl groups is 1. The molecule has 0 radical (unpaired) electrons. The molecule has 0 aromatic heterocycles. The van der Waals surface area contributed by atoms with Gasteiger partial charge in [0, 0.05) is 18.2 Å². The molecular formula is C26H29N3O4. The van der Waals surface area contributed by atoms with Gasteiger partial charge in [0.05, 0.1) is 6.10 Å². The number of rotatable bonds is 9. The monoisotopic (exact) mass is 447 g/mol. The molecule has 0 aliphatic heterocycles. The first-order chi connectivity index (χ1) is 15.9. The average molecular weight is 448 g/mol. The number of benzene rings is 3. The molecule has 0 aliphatic carbocycles. The average Bonchev–Trinajstić information content (AvgIpc) is 2.86. The van der Waals surface area contributed by atoms with Gasteiger partial charge in [-0.3, -0.25) is 14.8 Å². The van der Waals surface area contributed by atoms with Gasteiger partial charge in [-0.2, -0.15) is 0 Å². The summed E-state index contributed by atoms with van der Waals surface area (Å²) in [6.45, 7) is 4.24. The molecule has 33 heavy (non-hydrogen) atoms. The molecule has 3 aromatic carbocycles. The zero-order chi connectivity index (χ0) is 23.8. The fraction of sp³-hybridized carbons (Fsp3) is 0.231. The number of carbonyl (C=O) groups is 2. The van der Waals surface area contributed by atoms with Crippen LogP contribution in [0.1, 0.15) is 41.4 Å². The number of aliphatic hydroxyl groups excluding tert-OH is 1. The van der Waals surface area contributed by atoms with Crippen LogP contribution < -0.4 is 16.1 Å². The van der Waals surface area contributed by atoms with Crippen LogP contribution in [0.4, 0.5) is 0 Å². The molecule has 5 N–H and O–H groups in total. The van der Waals surface area contributed by atoms with E-state index in [4.69, 9.17) is 5.21 Å². The van der Waals surface area contributed by atoms with Gasteiger partial charge in [-0.25, -0.2) is 5.48 Å². The number of hydrogen-bond acceptors (Lipinski definition) is 5. The van der Waals surface area contributed by atoms with Crippen LogP contribution in [0.5, 0.6) is 0 Å². The Morgan fingerprint density at radius 1 is 0.848 bits per heavy atom. The van der Waals surface area contributed by atoms with Crippen molar-refractivity contribution in [3.8, 4) is 11.1 Å². The van der Waals surface area contributed by atoms with Crippen LogP contribution in [0, 0.1) is 0 Å². The molecule has 172 valence electrons. The summed E-state index contributed by atoms with van der Waals surface area (Å²) >= 11 is 0. The summed E-state index contributed by atoms with van der Waals surface area (Å²) in [4.78, 5) is 24.0. The van der Waals surface area contributed by atoms with Crippen LogP contribution in [0.3, 0.4) is 0 Å². The maximum Gasteiger partial charge on any atom is 0.268 e. The predicted molar refractivity (Wildman–Crippen MR) is 126 cm³/mol. The standard InChI is InChI=1S/C26H29N3O4/c1-17(20-6-4-3-5-7-20)27-16-19-8-10-21(11-9-19)22-12-14-23(15-13-22)25(31)28-24(18(2)30)26(32)29-33/h3-15,17-18,24,27,30,33H,16H2,1-2H3,(H,28,31)(H,29,32)/t17-,18-,24+/m1/s1. The summed E-state index contributed by atoms with van der Waals surface area (Å²) in [6.07, 6.45) is -1.16. The highest BCUT2D eigenvalue weighted by atomic mass is 16.5. The van der Waals surface area contributed by atoms with Crippen molar-refractivity contribution in [1.82, 2.24) is 16.1 Å². The lowest BCUT2D eigenvalue weighted by atomic mass is 10.0. The fourth-order valence-corrected chi connectivity index (χ4v) is 3.46. The minimum Gasteiger partial charge on any atom is -0.391 e. The zero-order valence-electron chi connectivity index (χ0n) is 18.7. The van der Waals surface area contributed by atoms with E-state index >= 15 is 0 Å². The van der Waals surface area contributed by atoms with Crippen LogP contribution in [0.25, 0.3) is 11.1 Å². The van der Waals surface area contributed by atoms with E-state index in [-0.39, 0.29) is 6.04 Å². The lowest BCUT2D eigenvalue weighted by molar-refractivity contribution is -0.133. The van der Waals surface area contributed by atoms with Crippen molar-refractivity contribution >= 4 is 11.8 Å². The van der Waals surface area contributed by atoms with Crippen LogP contribution >= 0.6 is 0 Å². The Kier molecular flexibility index (Phi) is 8.32. The number of amides is 2. The Hall–Kier alpha value is -3.52. The van der Waals surface area contributed by atoms with E-state index in [1.54, 1.807) is 12.1 Å². The van der Waals surface area contributed by atoms with Gasteiger partial charge in [0.2, 0.25) is 0 Å². The first-order valence-electron chi connectivity index (χ1n) is 10.8. The minimum absolute atomic E-state index is 0.251. The topological polar surface area (TPSA) is 111 Å². The Bertz CT molecular complexity index is 1050. The van der Waals surface area contributed by atoms with Gasteiger partial charge in [0.15, 0.2) is 0 Å². The van der Waals surface area contributed by atoms with Crippen LogP contribution in [0.2, 0.25) is 0 Å². The van der Waals surface area contributed by atoms with Crippen molar-refractivity contribution in [3.63, 3.8) is 0 Å². The van der Waals surface area contributed by atoms with E-state index in [0.29, 0.717) is 5.56 Å². The summed E-state index contributed by atoms with van der Waals surface area (Å²) in [5.74, 6) is -1.41. The van der Waals surface area contributed by atoms with Gasteiger partial charge >= 0.3 is 0 Å². The van der Waals surface area contributed by atoms with Gasteiger partial charge in [-0.15, -0.1) is 0 Å². The lowest BCUT2D eigenvalue weighted by Gasteiger charge is -2.19. The third-order valence-electron chi connectivity index (χ3n) is 5.51. The molecule has 2 amide bonds. The van der Waals surface area contributed by atoms with Gasteiger partial charge in [0.25, 0.3) is 11.8 Å². The van der Waals surface area contributed by atoms with Crippen LogP contribution in [-0.2, 0) is 11.3 Å². The van der Waals surface area contributed by atoms with Crippen LogP contribution in [0.15, 0.2) is 78.9 Å². The van der Waals surface area contributed by atoms with Crippen molar-refractivity contribution in [2.24, 2.45) is 0 Å². The van der Waals surface area contributed by atoms with E-state index in [0.717, 1.165) is 17.7 Å². The number of hydrogen-bond donors (Lipinski definition) is 5. The molecule has 0 bridgehead atoms. The Morgan fingerprint density at radius 3 is 1.97 bits per heavy atom. The predicted octanol–water partition coefficient (Wildman–Crippen LogP) is 3.19. The molecule has 7 nitrogen and oxygen atoms in total. The Balaban J connectivity index is 1.60. The maximum absolute atomic E-state index is 12.4. The minimum atomic E-state index is -1.26. The smallest absolute Gasteiger partial charge is 0.268 e. The Morgan fingerprint density at radius 2 is 1.42 bits per heavy atom. The van der Waals surface area contributed by atoms with Gasteiger partial charge in [-0.1, -0.05) is 66.7 Å². The summed E-state index contributed by atoms with van der Waals surface area (Å²) in [5, 5.41) is 24.4. The second-order valence-electron chi connectivity index (χ2n) is 7.96. The van der Waals surface area contributed by atoms with Crippen molar-refractivity contribution in [2.45, 2.75) is 38.6 Å². The van der Waals surface area contributed by atoms with Crippen molar-refractivity contribution in [3.05, 3.63) is 95.6 Å². The lowest BCUT2D eigenvalue weighted by Crippen LogP contribution is -2.51. The Labute approximate surface area is 193 Å². The SMILES string of the molecule is C[C@@H](NCc1ccc(-c2ccc(C(=O)N[C@H](C(=O)NO)[C@@H](C)O)cc2)cc1)c1ccccc1. The van der Waals surface area contributed by atoms with E-state index < -0.39 is 24.0 Å². The molecule has 0 saturated heterocycles.